The summed E-state index contributed by atoms with van der Waals surface area (Å²) in [7, 11) is 0. The number of hydrogen-bond donors (Lipinski definition) is 0. The van der Waals surface area contributed by atoms with Gasteiger partial charge in [-0.05, 0) is 32.6 Å². The van der Waals surface area contributed by atoms with Gasteiger partial charge in [0.2, 0.25) is 0 Å². The molecule has 2 fully saturated rings. The van der Waals surface area contributed by atoms with E-state index in [-0.39, 0.29) is 5.97 Å². The second-order valence-electron chi connectivity index (χ2n) is 3.53. The van der Waals surface area contributed by atoms with Gasteiger partial charge in [0.15, 0.2) is 5.60 Å². The Labute approximate surface area is 72.0 Å². The van der Waals surface area contributed by atoms with Crippen LogP contribution in [0.25, 0.3) is 0 Å². The molecular weight excluding hydrogens is 156 g/mol. The second-order valence-corrected chi connectivity index (χ2v) is 3.53. The van der Waals surface area contributed by atoms with Crippen molar-refractivity contribution in [2.75, 3.05) is 6.61 Å². The summed E-state index contributed by atoms with van der Waals surface area (Å²) < 4.78 is 10.6. The molecule has 12 heavy (non-hydrogen) atoms. The monoisotopic (exact) mass is 170 g/mol. The van der Waals surface area contributed by atoms with Crippen LogP contribution in [0.3, 0.4) is 0 Å². The summed E-state index contributed by atoms with van der Waals surface area (Å²) in [5, 5.41) is 0. The fourth-order valence-electron chi connectivity index (χ4n) is 2.13. The Morgan fingerprint density at radius 2 is 2.25 bits per heavy atom. The molecule has 0 unspecified atom stereocenters. The Hall–Kier alpha value is -0.570. The second kappa shape index (κ2) is 2.73. The molecule has 2 heterocycles. The highest BCUT2D eigenvalue weighted by Crippen LogP contribution is 2.44. The lowest BCUT2D eigenvalue weighted by molar-refractivity contribution is -0.164. The van der Waals surface area contributed by atoms with Gasteiger partial charge in [-0.15, -0.1) is 0 Å². The molecular formula is C9H14O3. The Kier molecular flexibility index (Phi) is 1.83. The number of rotatable bonds is 2. The molecule has 3 heteroatoms. The van der Waals surface area contributed by atoms with Crippen LogP contribution >= 0.6 is 0 Å². The van der Waals surface area contributed by atoms with E-state index in [0.29, 0.717) is 12.7 Å². The van der Waals surface area contributed by atoms with Crippen molar-refractivity contribution >= 4 is 5.97 Å². The van der Waals surface area contributed by atoms with Gasteiger partial charge in [-0.25, -0.2) is 4.79 Å². The summed E-state index contributed by atoms with van der Waals surface area (Å²) in [6.07, 6.45) is 4.10. The van der Waals surface area contributed by atoms with E-state index in [1.54, 1.807) is 0 Å². The van der Waals surface area contributed by atoms with Crippen LogP contribution in [0.2, 0.25) is 0 Å². The third-order valence-electron chi connectivity index (χ3n) is 2.78. The van der Waals surface area contributed by atoms with Gasteiger partial charge < -0.3 is 9.47 Å². The zero-order valence-corrected chi connectivity index (χ0v) is 7.34. The molecule has 2 saturated heterocycles. The number of esters is 1. The molecule has 2 bridgehead atoms. The summed E-state index contributed by atoms with van der Waals surface area (Å²) in [6.45, 7) is 2.28. The third-order valence-corrected chi connectivity index (χ3v) is 2.78. The van der Waals surface area contributed by atoms with Crippen molar-refractivity contribution in [1.82, 2.24) is 0 Å². The largest absolute Gasteiger partial charge is 0.464 e. The maximum absolute atomic E-state index is 11.5. The standard InChI is InChI=1S/C9H14O3/c1-2-11-8(10)9-5-3-7(12-9)4-6-9/h7H,2-6H2,1H3. The molecule has 0 aromatic heterocycles. The topological polar surface area (TPSA) is 35.5 Å². The molecule has 0 aromatic rings. The van der Waals surface area contributed by atoms with Crippen LogP contribution in [0.4, 0.5) is 0 Å². The number of ether oxygens (including phenoxy) is 2. The number of fused-ring (bicyclic) bond motifs is 2. The fourth-order valence-corrected chi connectivity index (χ4v) is 2.13. The van der Waals surface area contributed by atoms with Gasteiger partial charge in [0, 0.05) is 0 Å². The van der Waals surface area contributed by atoms with Crippen LogP contribution in [0.15, 0.2) is 0 Å². The van der Waals surface area contributed by atoms with Crippen molar-refractivity contribution in [3.8, 4) is 0 Å². The van der Waals surface area contributed by atoms with Crippen LogP contribution in [0.5, 0.6) is 0 Å². The van der Waals surface area contributed by atoms with Crippen LogP contribution in [0.1, 0.15) is 32.6 Å². The van der Waals surface area contributed by atoms with Crippen LogP contribution in [-0.2, 0) is 14.3 Å². The molecule has 3 nitrogen and oxygen atoms in total. The molecule has 0 N–H and O–H groups in total. The summed E-state index contributed by atoms with van der Waals surface area (Å²) >= 11 is 0. The summed E-state index contributed by atoms with van der Waals surface area (Å²) in [4.78, 5) is 11.5. The molecule has 0 amide bonds. The number of carbonyl (C=O) groups excluding carboxylic acids is 1. The molecule has 68 valence electrons. The zero-order chi connectivity index (χ0) is 8.60. The zero-order valence-electron chi connectivity index (χ0n) is 7.34. The van der Waals surface area contributed by atoms with Crippen molar-refractivity contribution in [3.63, 3.8) is 0 Å². The van der Waals surface area contributed by atoms with Gasteiger partial charge in [0.1, 0.15) is 0 Å². The average Bonchev–Trinajstić information content (AvgIpc) is 2.64. The first-order chi connectivity index (χ1) is 5.77. The quantitative estimate of drug-likeness (QED) is 0.585. The smallest absolute Gasteiger partial charge is 0.338 e. The van der Waals surface area contributed by atoms with E-state index in [0.717, 1.165) is 25.7 Å². The van der Waals surface area contributed by atoms with Crippen molar-refractivity contribution in [1.29, 1.82) is 0 Å². The first-order valence-corrected chi connectivity index (χ1v) is 4.62. The van der Waals surface area contributed by atoms with Gasteiger partial charge in [0.25, 0.3) is 0 Å². The van der Waals surface area contributed by atoms with Crippen molar-refractivity contribution < 1.29 is 14.3 Å². The molecule has 2 aliphatic heterocycles. The highest BCUT2D eigenvalue weighted by molar-refractivity contribution is 5.80. The molecule has 0 radical (unpaired) electrons. The molecule has 2 rings (SSSR count). The highest BCUT2D eigenvalue weighted by Gasteiger charge is 2.52. The molecule has 0 atom stereocenters. The lowest BCUT2D eigenvalue weighted by Gasteiger charge is -2.21. The van der Waals surface area contributed by atoms with Gasteiger partial charge in [-0.2, -0.15) is 0 Å². The first kappa shape index (κ1) is 8.05. The summed E-state index contributed by atoms with van der Waals surface area (Å²) in [6, 6.07) is 0. The SMILES string of the molecule is CCOC(=O)C12CCC(CC1)O2. The molecule has 0 saturated carbocycles. The predicted molar refractivity (Wildman–Crippen MR) is 42.7 cm³/mol. The van der Waals surface area contributed by atoms with E-state index in [9.17, 15) is 4.79 Å². The van der Waals surface area contributed by atoms with Crippen LogP contribution in [-0.4, -0.2) is 24.3 Å². The number of hydrogen-bond acceptors (Lipinski definition) is 3. The van der Waals surface area contributed by atoms with E-state index in [1.807, 2.05) is 6.92 Å². The van der Waals surface area contributed by atoms with E-state index in [2.05, 4.69) is 0 Å². The van der Waals surface area contributed by atoms with Gasteiger partial charge in [-0.1, -0.05) is 0 Å². The molecule has 0 spiro atoms. The fraction of sp³-hybridized carbons (Fsp3) is 0.889. The summed E-state index contributed by atoms with van der Waals surface area (Å²) in [5.41, 5.74) is -0.541. The summed E-state index contributed by atoms with van der Waals surface area (Å²) in [5.74, 6) is -0.148. The van der Waals surface area contributed by atoms with Gasteiger partial charge >= 0.3 is 5.97 Å². The lowest BCUT2D eigenvalue weighted by Crippen LogP contribution is -2.37. The van der Waals surface area contributed by atoms with Crippen molar-refractivity contribution in [2.24, 2.45) is 0 Å². The Balaban J connectivity index is 2.06. The Morgan fingerprint density at radius 1 is 1.58 bits per heavy atom. The minimum Gasteiger partial charge on any atom is -0.464 e. The van der Waals surface area contributed by atoms with Gasteiger partial charge in [0.05, 0.1) is 12.7 Å². The van der Waals surface area contributed by atoms with E-state index in [1.165, 1.54) is 0 Å². The predicted octanol–water partition coefficient (Wildman–Crippen LogP) is 1.26. The van der Waals surface area contributed by atoms with Crippen LogP contribution in [0, 0.1) is 0 Å². The van der Waals surface area contributed by atoms with Gasteiger partial charge in [-0.3, -0.25) is 0 Å². The molecule has 2 aliphatic rings. The Morgan fingerprint density at radius 3 is 2.67 bits per heavy atom. The first-order valence-electron chi connectivity index (χ1n) is 4.62. The van der Waals surface area contributed by atoms with E-state index in [4.69, 9.17) is 9.47 Å². The maximum atomic E-state index is 11.5. The van der Waals surface area contributed by atoms with E-state index < -0.39 is 5.60 Å². The lowest BCUT2D eigenvalue weighted by atomic mass is 9.89. The van der Waals surface area contributed by atoms with Crippen molar-refractivity contribution in [3.05, 3.63) is 0 Å². The van der Waals surface area contributed by atoms with Crippen LogP contribution < -0.4 is 0 Å². The third kappa shape index (κ3) is 1.04. The molecule has 0 aromatic carbocycles. The normalized spacial score (nSPS) is 38.6. The van der Waals surface area contributed by atoms with E-state index >= 15 is 0 Å². The van der Waals surface area contributed by atoms with Crippen molar-refractivity contribution in [2.45, 2.75) is 44.3 Å². The average molecular weight is 170 g/mol. The maximum Gasteiger partial charge on any atom is 0.338 e. The molecule has 0 aliphatic carbocycles. The highest BCUT2D eigenvalue weighted by atomic mass is 16.6. The Bertz CT molecular complexity index is 192. The minimum absolute atomic E-state index is 0.148. The number of carbonyl (C=O) groups is 1. The minimum atomic E-state index is -0.541.